The van der Waals surface area contributed by atoms with Crippen LogP contribution in [0.1, 0.15) is 0 Å². The third-order valence-electron chi connectivity index (χ3n) is 1.79. The minimum absolute atomic E-state index is 0.0345. The van der Waals surface area contributed by atoms with E-state index in [0.29, 0.717) is 5.32 Å². The molecule has 0 unspecified atom stereocenters. The zero-order chi connectivity index (χ0) is 8.43. The van der Waals surface area contributed by atoms with Crippen molar-refractivity contribution in [3.05, 3.63) is 0 Å². The van der Waals surface area contributed by atoms with Gasteiger partial charge in [0.1, 0.15) is 0 Å². The Labute approximate surface area is 71.0 Å². The summed E-state index contributed by atoms with van der Waals surface area (Å²) in [7, 11) is 0. The Morgan fingerprint density at radius 3 is 2.36 bits per heavy atom. The summed E-state index contributed by atoms with van der Waals surface area (Å²) in [5, 5.41) is 36.7. The Hall–Kier alpha value is 0.359. The Kier molecular flexibility index (Phi) is 3.30. The SMILES string of the molecule is OC[C@@H]1[Se]C[C@H](O)[C@@H](O)[C@H]1O. The van der Waals surface area contributed by atoms with Crippen molar-refractivity contribution >= 4 is 15.0 Å². The molecule has 4 N–H and O–H groups in total. The number of rotatable bonds is 1. The average Bonchev–Trinajstić information content (AvgIpc) is 2.01. The molecule has 1 aliphatic rings. The standard InChI is InChI=1S/C6H12O4Se/c7-1-4-6(10)5(9)3(8)2-11-4/h3-10H,1-2H2/t3-,4-,5+,6-/m0/s1. The van der Waals surface area contributed by atoms with Crippen molar-refractivity contribution in [2.45, 2.75) is 28.4 Å². The first-order valence-electron chi connectivity index (χ1n) is 3.43. The van der Waals surface area contributed by atoms with Gasteiger partial charge in [-0.1, -0.05) is 0 Å². The van der Waals surface area contributed by atoms with Crippen molar-refractivity contribution < 1.29 is 20.4 Å². The zero-order valence-corrected chi connectivity index (χ0v) is 7.63. The van der Waals surface area contributed by atoms with E-state index in [4.69, 9.17) is 15.3 Å². The first kappa shape index (κ1) is 9.45. The Morgan fingerprint density at radius 2 is 1.82 bits per heavy atom. The molecule has 0 aromatic heterocycles. The molecule has 1 rings (SSSR count). The van der Waals surface area contributed by atoms with Gasteiger partial charge in [-0.3, -0.25) is 0 Å². The van der Waals surface area contributed by atoms with Crippen LogP contribution in [0, 0.1) is 0 Å². The van der Waals surface area contributed by atoms with Gasteiger partial charge >= 0.3 is 70.4 Å². The Morgan fingerprint density at radius 1 is 1.18 bits per heavy atom. The van der Waals surface area contributed by atoms with Gasteiger partial charge in [-0.2, -0.15) is 0 Å². The van der Waals surface area contributed by atoms with Gasteiger partial charge in [-0.05, 0) is 0 Å². The van der Waals surface area contributed by atoms with Crippen LogP contribution in [-0.2, 0) is 0 Å². The van der Waals surface area contributed by atoms with E-state index >= 15 is 0 Å². The number of aliphatic hydroxyl groups is 4. The molecule has 0 aromatic rings. The Bertz CT molecular complexity index is 130. The van der Waals surface area contributed by atoms with Crippen molar-refractivity contribution in [2.75, 3.05) is 6.61 Å². The van der Waals surface area contributed by atoms with Crippen molar-refractivity contribution in [1.29, 1.82) is 0 Å². The normalized spacial score (nSPS) is 45.8. The number of hydrogen-bond donors (Lipinski definition) is 4. The van der Waals surface area contributed by atoms with E-state index in [-0.39, 0.29) is 26.4 Å². The molecule has 1 heterocycles. The van der Waals surface area contributed by atoms with E-state index in [9.17, 15) is 5.11 Å². The molecule has 1 fully saturated rings. The van der Waals surface area contributed by atoms with Gasteiger partial charge in [-0.15, -0.1) is 0 Å². The van der Waals surface area contributed by atoms with Gasteiger partial charge < -0.3 is 0 Å². The van der Waals surface area contributed by atoms with E-state index in [0.717, 1.165) is 0 Å². The fourth-order valence-electron chi connectivity index (χ4n) is 1.03. The van der Waals surface area contributed by atoms with Crippen LogP contribution >= 0.6 is 0 Å². The van der Waals surface area contributed by atoms with E-state index in [2.05, 4.69) is 0 Å². The Balaban J connectivity index is 2.52. The van der Waals surface area contributed by atoms with Crippen LogP contribution in [0.4, 0.5) is 0 Å². The molecule has 0 bridgehead atoms. The van der Waals surface area contributed by atoms with E-state index in [1.165, 1.54) is 0 Å². The molecule has 0 aromatic carbocycles. The van der Waals surface area contributed by atoms with E-state index in [1.807, 2.05) is 0 Å². The summed E-state index contributed by atoms with van der Waals surface area (Å²) >= 11 is 0.0345. The van der Waals surface area contributed by atoms with E-state index < -0.39 is 18.3 Å². The van der Waals surface area contributed by atoms with Gasteiger partial charge in [0.25, 0.3) is 0 Å². The summed E-state index contributed by atoms with van der Waals surface area (Å²) < 4.78 is 0. The molecule has 66 valence electrons. The summed E-state index contributed by atoms with van der Waals surface area (Å²) in [4.78, 5) is -0.221. The van der Waals surface area contributed by atoms with Crippen molar-refractivity contribution in [3.8, 4) is 0 Å². The quantitative estimate of drug-likeness (QED) is 0.390. The summed E-state index contributed by atoms with van der Waals surface area (Å²) in [6, 6.07) is 0. The summed E-state index contributed by atoms with van der Waals surface area (Å²) in [5.74, 6) is 0. The van der Waals surface area contributed by atoms with Crippen LogP contribution in [0.3, 0.4) is 0 Å². The summed E-state index contributed by atoms with van der Waals surface area (Å²) in [5.41, 5.74) is 0. The number of hydrogen-bond acceptors (Lipinski definition) is 4. The fraction of sp³-hybridized carbons (Fsp3) is 1.00. The topological polar surface area (TPSA) is 80.9 Å². The second kappa shape index (κ2) is 3.85. The predicted molar refractivity (Wildman–Crippen MR) is 39.4 cm³/mol. The molecular weight excluding hydrogens is 215 g/mol. The average molecular weight is 227 g/mol. The molecule has 4 nitrogen and oxygen atoms in total. The van der Waals surface area contributed by atoms with E-state index in [1.54, 1.807) is 0 Å². The molecule has 0 aliphatic carbocycles. The number of aliphatic hydroxyl groups excluding tert-OH is 4. The van der Waals surface area contributed by atoms with Crippen molar-refractivity contribution in [3.63, 3.8) is 0 Å². The van der Waals surface area contributed by atoms with Gasteiger partial charge in [-0.25, -0.2) is 0 Å². The molecule has 5 heteroatoms. The molecule has 1 saturated heterocycles. The minimum atomic E-state index is -1.08. The van der Waals surface area contributed by atoms with Gasteiger partial charge in [0.15, 0.2) is 0 Å². The van der Waals surface area contributed by atoms with Crippen LogP contribution < -0.4 is 0 Å². The molecule has 0 amide bonds. The molecule has 0 radical (unpaired) electrons. The molecular formula is C6H12O4Se. The summed E-state index contributed by atoms with van der Waals surface area (Å²) in [6.45, 7) is -0.106. The fourth-order valence-corrected chi connectivity index (χ4v) is 3.35. The van der Waals surface area contributed by atoms with Crippen LogP contribution in [0.2, 0.25) is 10.1 Å². The molecule has 4 atom stereocenters. The zero-order valence-electron chi connectivity index (χ0n) is 5.92. The van der Waals surface area contributed by atoms with Gasteiger partial charge in [0, 0.05) is 0 Å². The van der Waals surface area contributed by atoms with Crippen LogP contribution in [0.15, 0.2) is 0 Å². The third kappa shape index (κ3) is 1.93. The molecule has 1 aliphatic heterocycles. The summed E-state index contributed by atoms with van der Waals surface area (Å²) in [6.07, 6.45) is -2.85. The predicted octanol–water partition coefficient (Wildman–Crippen LogP) is -2.01. The monoisotopic (exact) mass is 228 g/mol. The maximum absolute atomic E-state index is 9.25. The first-order chi connectivity index (χ1) is 5.16. The first-order valence-corrected chi connectivity index (χ1v) is 5.63. The molecule has 0 saturated carbocycles. The second-order valence-corrected chi connectivity index (χ2v) is 5.27. The third-order valence-corrected chi connectivity index (χ3v) is 4.70. The molecule has 0 spiro atoms. The molecule has 11 heavy (non-hydrogen) atoms. The van der Waals surface area contributed by atoms with Crippen LogP contribution in [0.5, 0.6) is 0 Å². The van der Waals surface area contributed by atoms with Crippen molar-refractivity contribution in [1.82, 2.24) is 0 Å². The maximum atomic E-state index is 9.25. The van der Waals surface area contributed by atoms with Crippen molar-refractivity contribution in [2.24, 2.45) is 0 Å². The second-order valence-electron chi connectivity index (χ2n) is 2.60. The van der Waals surface area contributed by atoms with Crippen LogP contribution in [0.25, 0.3) is 0 Å². The van der Waals surface area contributed by atoms with Crippen LogP contribution in [-0.4, -0.2) is 60.3 Å². The van der Waals surface area contributed by atoms with Gasteiger partial charge in [0.2, 0.25) is 0 Å². The van der Waals surface area contributed by atoms with Gasteiger partial charge in [0.05, 0.1) is 0 Å².